The van der Waals surface area contributed by atoms with Crippen molar-refractivity contribution in [1.82, 2.24) is 0 Å². The van der Waals surface area contributed by atoms with Crippen LogP contribution >= 0.6 is 0 Å². The summed E-state index contributed by atoms with van der Waals surface area (Å²) in [7, 11) is 0. The van der Waals surface area contributed by atoms with E-state index in [0.717, 1.165) is 16.7 Å². The van der Waals surface area contributed by atoms with Crippen molar-refractivity contribution in [2.45, 2.75) is 33.3 Å². The topological polar surface area (TPSA) is 57.5 Å². The summed E-state index contributed by atoms with van der Waals surface area (Å²) < 4.78 is 0. The van der Waals surface area contributed by atoms with Crippen LogP contribution in [0.5, 0.6) is 0 Å². The van der Waals surface area contributed by atoms with Gasteiger partial charge in [0.25, 0.3) is 0 Å². The normalized spacial score (nSPS) is 14.5. The Kier molecular flexibility index (Phi) is 4.07. The van der Waals surface area contributed by atoms with Crippen LogP contribution in [-0.4, -0.2) is 16.2 Å². The summed E-state index contributed by atoms with van der Waals surface area (Å²) in [5.41, 5.74) is 2.96. The summed E-state index contributed by atoms with van der Waals surface area (Å²) >= 11 is 0. The van der Waals surface area contributed by atoms with Crippen molar-refractivity contribution in [3.8, 4) is 0 Å². The second-order valence-electron chi connectivity index (χ2n) is 4.35. The Morgan fingerprint density at radius 3 is 2.50 bits per heavy atom. The van der Waals surface area contributed by atoms with Crippen molar-refractivity contribution in [1.29, 1.82) is 0 Å². The van der Waals surface area contributed by atoms with E-state index in [-0.39, 0.29) is 6.42 Å². The number of aryl methyl sites for hydroxylation is 2. The number of benzene rings is 1. The lowest BCUT2D eigenvalue weighted by molar-refractivity contribution is -0.142. The molecule has 0 aromatic heterocycles. The van der Waals surface area contributed by atoms with Crippen LogP contribution in [0.3, 0.4) is 0 Å². The fourth-order valence-electron chi connectivity index (χ4n) is 1.76. The van der Waals surface area contributed by atoms with Gasteiger partial charge in [-0.05, 0) is 31.4 Å². The summed E-state index contributed by atoms with van der Waals surface area (Å²) in [6.45, 7) is 5.52. The lowest BCUT2D eigenvalue weighted by Crippen LogP contribution is -2.14. The maximum Gasteiger partial charge on any atom is 0.306 e. The molecular formula is C13H18O3. The number of aliphatic hydroxyl groups excluding tert-OH is 1. The highest BCUT2D eigenvalue weighted by molar-refractivity contribution is 5.69. The van der Waals surface area contributed by atoms with Crippen LogP contribution < -0.4 is 0 Å². The van der Waals surface area contributed by atoms with Gasteiger partial charge in [-0.15, -0.1) is 0 Å². The molecule has 0 bridgehead atoms. The van der Waals surface area contributed by atoms with Gasteiger partial charge in [0.1, 0.15) is 0 Å². The molecule has 0 fully saturated rings. The average Bonchev–Trinajstić information content (AvgIpc) is 2.16. The fourth-order valence-corrected chi connectivity index (χ4v) is 1.76. The number of carbonyl (C=O) groups is 1. The Hall–Kier alpha value is -1.35. The van der Waals surface area contributed by atoms with E-state index >= 15 is 0 Å². The average molecular weight is 222 g/mol. The van der Waals surface area contributed by atoms with Crippen molar-refractivity contribution in [2.24, 2.45) is 5.92 Å². The number of rotatable bonds is 4. The molecule has 0 amide bonds. The van der Waals surface area contributed by atoms with E-state index in [2.05, 4.69) is 0 Å². The molecule has 0 aliphatic carbocycles. The van der Waals surface area contributed by atoms with Gasteiger partial charge < -0.3 is 10.2 Å². The molecule has 2 unspecified atom stereocenters. The second kappa shape index (κ2) is 5.12. The molecule has 88 valence electrons. The molecule has 2 atom stereocenters. The smallest absolute Gasteiger partial charge is 0.306 e. The van der Waals surface area contributed by atoms with Gasteiger partial charge in [0, 0.05) is 0 Å². The van der Waals surface area contributed by atoms with Crippen molar-refractivity contribution in [2.75, 3.05) is 0 Å². The molecule has 1 aromatic rings. The molecule has 0 heterocycles. The molecule has 1 rings (SSSR count). The summed E-state index contributed by atoms with van der Waals surface area (Å²) in [4.78, 5) is 10.7. The van der Waals surface area contributed by atoms with Gasteiger partial charge in [0.05, 0.1) is 12.0 Å². The molecule has 0 spiro atoms. The first kappa shape index (κ1) is 12.7. The van der Waals surface area contributed by atoms with Gasteiger partial charge in [-0.3, -0.25) is 4.79 Å². The molecule has 3 nitrogen and oxygen atoms in total. The number of carboxylic acid groups (broad SMARTS) is 1. The van der Waals surface area contributed by atoms with Crippen LogP contribution in [0.25, 0.3) is 0 Å². The summed E-state index contributed by atoms with van der Waals surface area (Å²) in [5, 5.41) is 18.7. The Labute approximate surface area is 95.7 Å². The van der Waals surface area contributed by atoms with Gasteiger partial charge in [-0.1, -0.05) is 30.7 Å². The highest BCUT2D eigenvalue weighted by Crippen LogP contribution is 2.24. The van der Waals surface area contributed by atoms with E-state index in [4.69, 9.17) is 5.11 Å². The SMILES string of the molecule is Cc1ccc(C(O)CC(C)C(=O)O)c(C)c1. The predicted molar refractivity (Wildman–Crippen MR) is 62.3 cm³/mol. The van der Waals surface area contributed by atoms with Crippen LogP contribution in [0.15, 0.2) is 18.2 Å². The highest BCUT2D eigenvalue weighted by atomic mass is 16.4. The first-order chi connectivity index (χ1) is 7.41. The third-order valence-electron chi connectivity index (χ3n) is 2.78. The second-order valence-corrected chi connectivity index (χ2v) is 4.35. The maximum absolute atomic E-state index is 10.7. The van der Waals surface area contributed by atoms with Crippen LogP contribution in [0.2, 0.25) is 0 Å². The zero-order valence-corrected chi connectivity index (χ0v) is 9.90. The first-order valence-corrected chi connectivity index (χ1v) is 5.40. The summed E-state index contributed by atoms with van der Waals surface area (Å²) in [5.74, 6) is -1.40. The maximum atomic E-state index is 10.7. The van der Waals surface area contributed by atoms with E-state index < -0.39 is 18.0 Å². The molecule has 16 heavy (non-hydrogen) atoms. The van der Waals surface area contributed by atoms with E-state index in [1.54, 1.807) is 6.92 Å². The van der Waals surface area contributed by atoms with Crippen LogP contribution in [0.1, 0.15) is 36.1 Å². The number of carboxylic acids is 1. The van der Waals surface area contributed by atoms with Gasteiger partial charge in [0.15, 0.2) is 0 Å². The monoisotopic (exact) mass is 222 g/mol. The third-order valence-corrected chi connectivity index (χ3v) is 2.78. The third kappa shape index (κ3) is 3.07. The number of aliphatic carboxylic acids is 1. The Bertz CT molecular complexity index is 385. The van der Waals surface area contributed by atoms with Crippen molar-refractivity contribution < 1.29 is 15.0 Å². The van der Waals surface area contributed by atoms with Crippen molar-refractivity contribution in [3.05, 3.63) is 34.9 Å². The minimum absolute atomic E-state index is 0.249. The molecule has 0 aliphatic rings. The van der Waals surface area contributed by atoms with Gasteiger partial charge in [0.2, 0.25) is 0 Å². The molecule has 0 saturated carbocycles. The summed E-state index contributed by atoms with van der Waals surface area (Å²) in [6, 6.07) is 5.78. The Morgan fingerprint density at radius 2 is 2.00 bits per heavy atom. The van der Waals surface area contributed by atoms with E-state index in [0.29, 0.717) is 0 Å². The van der Waals surface area contributed by atoms with Crippen molar-refractivity contribution in [3.63, 3.8) is 0 Å². The van der Waals surface area contributed by atoms with Crippen LogP contribution in [0.4, 0.5) is 0 Å². The number of hydrogen-bond donors (Lipinski definition) is 2. The molecular weight excluding hydrogens is 204 g/mol. The molecule has 1 aromatic carbocycles. The lowest BCUT2D eigenvalue weighted by atomic mass is 9.94. The number of aliphatic hydroxyl groups is 1. The quantitative estimate of drug-likeness (QED) is 0.822. The Balaban J connectivity index is 2.80. The largest absolute Gasteiger partial charge is 0.481 e. The summed E-state index contributed by atoms with van der Waals surface area (Å²) in [6.07, 6.45) is -0.453. The molecule has 3 heteroatoms. The fraction of sp³-hybridized carbons (Fsp3) is 0.462. The first-order valence-electron chi connectivity index (χ1n) is 5.40. The van der Waals surface area contributed by atoms with Gasteiger partial charge in [-0.25, -0.2) is 0 Å². The molecule has 0 radical (unpaired) electrons. The van der Waals surface area contributed by atoms with Gasteiger partial charge in [-0.2, -0.15) is 0 Å². The zero-order valence-electron chi connectivity index (χ0n) is 9.90. The molecule has 2 N–H and O–H groups in total. The standard InChI is InChI=1S/C13H18O3/c1-8-4-5-11(9(2)6-8)12(14)7-10(3)13(15)16/h4-6,10,12,14H,7H2,1-3H3,(H,15,16). The highest BCUT2D eigenvalue weighted by Gasteiger charge is 2.18. The lowest BCUT2D eigenvalue weighted by Gasteiger charge is -2.16. The minimum Gasteiger partial charge on any atom is -0.481 e. The van der Waals surface area contributed by atoms with Crippen molar-refractivity contribution >= 4 is 5.97 Å². The molecule has 0 aliphatic heterocycles. The minimum atomic E-state index is -0.871. The van der Waals surface area contributed by atoms with Crippen LogP contribution in [0, 0.1) is 19.8 Å². The molecule has 0 saturated heterocycles. The Morgan fingerprint density at radius 1 is 1.38 bits per heavy atom. The number of hydrogen-bond acceptors (Lipinski definition) is 2. The predicted octanol–water partition coefficient (Wildman–Crippen LogP) is 2.45. The van der Waals surface area contributed by atoms with Gasteiger partial charge >= 0.3 is 5.97 Å². The zero-order chi connectivity index (χ0) is 12.3. The van der Waals surface area contributed by atoms with E-state index in [1.807, 2.05) is 32.0 Å². The van der Waals surface area contributed by atoms with E-state index in [9.17, 15) is 9.90 Å². The van der Waals surface area contributed by atoms with Crippen LogP contribution in [-0.2, 0) is 4.79 Å². The van der Waals surface area contributed by atoms with E-state index in [1.165, 1.54) is 0 Å².